The van der Waals surface area contributed by atoms with Gasteiger partial charge in [0.05, 0.1) is 7.11 Å². The van der Waals surface area contributed by atoms with Crippen molar-refractivity contribution in [1.82, 2.24) is 10.2 Å². The molecule has 1 aromatic rings. The lowest BCUT2D eigenvalue weighted by atomic mass is 10.0. The maximum atomic E-state index is 12.6. The number of hydrogen-bond acceptors (Lipinski definition) is 4. The van der Waals surface area contributed by atoms with Crippen molar-refractivity contribution < 1.29 is 14.3 Å². The number of benzene rings is 1. The first-order valence-corrected chi connectivity index (χ1v) is 8.83. The molecule has 2 rings (SSSR count). The zero-order chi connectivity index (χ0) is 17.4. The van der Waals surface area contributed by atoms with Crippen LogP contribution in [0.4, 0.5) is 0 Å². The Bertz CT molecular complexity index is 542. The van der Waals surface area contributed by atoms with Gasteiger partial charge in [-0.1, -0.05) is 6.92 Å². The number of Topliss-reactive ketones (excluding diaryl/α,β-unsaturated/α-hetero) is 1. The number of methoxy groups -OCH3 is 1. The Labute approximate surface area is 156 Å². The number of amides is 1. The third kappa shape index (κ3) is 6.33. The molecule has 0 spiro atoms. The van der Waals surface area contributed by atoms with Crippen LogP contribution in [-0.4, -0.2) is 49.4 Å². The van der Waals surface area contributed by atoms with Crippen LogP contribution in [0, 0.1) is 0 Å². The van der Waals surface area contributed by atoms with Crippen molar-refractivity contribution in [2.24, 2.45) is 0 Å². The molecule has 1 aromatic carbocycles. The molecule has 1 saturated heterocycles. The summed E-state index contributed by atoms with van der Waals surface area (Å²) < 4.78 is 5.10. The van der Waals surface area contributed by atoms with Crippen LogP contribution >= 0.6 is 12.4 Å². The van der Waals surface area contributed by atoms with Gasteiger partial charge in [-0.2, -0.15) is 0 Å². The number of hydrogen-bond donors (Lipinski definition) is 1. The fourth-order valence-corrected chi connectivity index (χ4v) is 3.16. The van der Waals surface area contributed by atoms with E-state index in [2.05, 4.69) is 12.2 Å². The molecule has 1 heterocycles. The molecule has 25 heavy (non-hydrogen) atoms. The summed E-state index contributed by atoms with van der Waals surface area (Å²) in [5.41, 5.74) is 0.632. The molecule has 1 aliphatic rings. The number of ketones is 1. The minimum absolute atomic E-state index is 0. The van der Waals surface area contributed by atoms with E-state index in [0.717, 1.165) is 44.6 Å². The SMILES string of the molecule is CCCN(C(=O)CCC(=O)c1ccc(OC)cc1)C1CCNCC1.Cl. The molecule has 0 atom stereocenters. The van der Waals surface area contributed by atoms with Crippen molar-refractivity contribution in [3.8, 4) is 5.75 Å². The summed E-state index contributed by atoms with van der Waals surface area (Å²) in [5.74, 6) is 0.834. The van der Waals surface area contributed by atoms with Crippen LogP contribution in [0.5, 0.6) is 5.75 Å². The van der Waals surface area contributed by atoms with Gasteiger partial charge in [0.25, 0.3) is 0 Å². The summed E-state index contributed by atoms with van der Waals surface area (Å²) in [6, 6.07) is 7.36. The monoisotopic (exact) mass is 368 g/mol. The molecular formula is C19H29ClN2O3. The molecule has 0 radical (unpaired) electrons. The Hall–Kier alpha value is -1.59. The molecule has 140 valence electrons. The van der Waals surface area contributed by atoms with E-state index in [4.69, 9.17) is 4.74 Å². The Balaban J connectivity index is 0.00000312. The van der Waals surface area contributed by atoms with Gasteiger partial charge in [-0.15, -0.1) is 12.4 Å². The van der Waals surface area contributed by atoms with E-state index < -0.39 is 0 Å². The van der Waals surface area contributed by atoms with Gasteiger partial charge in [0.15, 0.2) is 5.78 Å². The van der Waals surface area contributed by atoms with Crippen LogP contribution in [0.15, 0.2) is 24.3 Å². The smallest absolute Gasteiger partial charge is 0.223 e. The molecule has 0 bridgehead atoms. The first-order chi connectivity index (χ1) is 11.7. The highest BCUT2D eigenvalue weighted by Crippen LogP contribution is 2.17. The van der Waals surface area contributed by atoms with Crippen molar-refractivity contribution in [3.63, 3.8) is 0 Å². The lowest BCUT2D eigenvalue weighted by Gasteiger charge is -2.34. The Kier molecular flexibility index (Phi) is 9.53. The van der Waals surface area contributed by atoms with Crippen LogP contribution in [-0.2, 0) is 4.79 Å². The number of piperidine rings is 1. The van der Waals surface area contributed by atoms with E-state index in [-0.39, 0.29) is 36.9 Å². The summed E-state index contributed by atoms with van der Waals surface area (Å²) in [5, 5.41) is 3.33. The quantitative estimate of drug-likeness (QED) is 0.716. The number of nitrogens with one attached hydrogen (secondary N) is 1. The van der Waals surface area contributed by atoms with Crippen molar-refractivity contribution >= 4 is 24.1 Å². The molecule has 1 amide bonds. The van der Waals surface area contributed by atoms with Crippen LogP contribution in [0.2, 0.25) is 0 Å². The van der Waals surface area contributed by atoms with Crippen LogP contribution < -0.4 is 10.1 Å². The zero-order valence-corrected chi connectivity index (χ0v) is 15.9. The minimum Gasteiger partial charge on any atom is -0.497 e. The number of halogens is 1. The van der Waals surface area contributed by atoms with Gasteiger partial charge in [-0.05, 0) is 56.6 Å². The zero-order valence-electron chi connectivity index (χ0n) is 15.1. The van der Waals surface area contributed by atoms with Gasteiger partial charge in [-0.25, -0.2) is 0 Å². The largest absolute Gasteiger partial charge is 0.497 e. The standard InChI is InChI=1S/C19H28N2O3.ClH/c1-3-14-21(16-10-12-20-13-11-16)19(23)9-8-18(22)15-4-6-17(24-2)7-5-15;/h4-7,16,20H,3,8-14H2,1-2H3;1H. The van der Waals surface area contributed by atoms with Gasteiger partial charge in [-0.3, -0.25) is 9.59 Å². The molecule has 1 aliphatic heterocycles. The maximum absolute atomic E-state index is 12.6. The predicted molar refractivity (Wildman–Crippen MR) is 102 cm³/mol. The first-order valence-electron chi connectivity index (χ1n) is 8.83. The highest BCUT2D eigenvalue weighted by molar-refractivity contribution is 5.98. The fraction of sp³-hybridized carbons (Fsp3) is 0.579. The lowest BCUT2D eigenvalue weighted by Crippen LogP contribution is -2.46. The van der Waals surface area contributed by atoms with Crippen molar-refractivity contribution in [1.29, 1.82) is 0 Å². The molecule has 0 aliphatic carbocycles. The third-order valence-electron chi connectivity index (χ3n) is 4.51. The Morgan fingerprint density at radius 1 is 1.16 bits per heavy atom. The second-order valence-electron chi connectivity index (χ2n) is 6.22. The van der Waals surface area contributed by atoms with E-state index >= 15 is 0 Å². The van der Waals surface area contributed by atoms with Gasteiger partial charge in [0, 0.05) is 31.0 Å². The Morgan fingerprint density at radius 2 is 1.80 bits per heavy atom. The maximum Gasteiger partial charge on any atom is 0.223 e. The molecule has 0 aromatic heterocycles. The molecule has 6 heteroatoms. The average molecular weight is 369 g/mol. The van der Waals surface area contributed by atoms with Crippen LogP contribution in [0.3, 0.4) is 0 Å². The number of rotatable bonds is 8. The third-order valence-corrected chi connectivity index (χ3v) is 4.51. The van der Waals surface area contributed by atoms with Crippen molar-refractivity contribution in [2.45, 2.75) is 45.1 Å². The normalized spacial score (nSPS) is 14.5. The van der Waals surface area contributed by atoms with E-state index in [9.17, 15) is 9.59 Å². The van der Waals surface area contributed by atoms with E-state index in [0.29, 0.717) is 11.6 Å². The summed E-state index contributed by atoms with van der Waals surface area (Å²) >= 11 is 0. The second kappa shape index (κ2) is 11.1. The first kappa shape index (κ1) is 21.5. The lowest BCUT2D eigenvalue weighted by molar-refractivity contribution is -0.134. The molecule has 1 fully saturated rings. The van der Waals surface area contributed by atoms with Crippen LogP contribution in [0.1, 0.15) is 49.4 Å². The predicted octanol–water partition coefficient (Wildman–Crippen LogP) is 3.07. The molecule has 5 nitrogen and oxygen atoms in total. The van der Waals surface area contributed by atoms with Crippen molar-refractivity contribution in [3.05, 3.63) is 29.8 Å². The van der Waals surface area contributed by atoms with Gasteiger partial charge >= 0.3 is 0 Å². The van der Waals surface area contributed by atoms with E-state index in [1.54, 1.807) is 31.4 Å². The van der Waals surface area contributed by atoms with Gasteiger partial charge in [0.2, 0.25) is 5.91 Å². The molecule has 0 unspecified atom stereocenters. The highest BCUT2D eigenvalue weighted by atomic mass is 35.5. The fourth-order valence-electron chi connectivity index (χ4n) is 3.16. The molecule has 0 saturated carbocycles. The summed E-state index contributed by atoms with van der Waals surface area (Å²) in [6.07, 6.45) is 3.49. The average Bonchev–Trinajstić information content (AvgIpc) is 2.64. The van der Waals surface area contributed by atoms with Gasteiger partial charge in [0.1, 0.15) is 5.75 Å². The Morgan fingerprint density at radius 3 is 2.36 bits per heavy atom. The topological polar surface area (TPSA) is 58.6 Å². The number of carbonyl (C=O) groups is 2. The van der Waals surface area contributed by atoms with E-state index in [1.807, 2.05) is 4.90 Å². The summed E-state index contributed by atoms with van der Waals surface area (Å²) in [6.45, 7) is 4.79. The minimum atomic E-state index is 0. The van der Waals surface area contributed by atoms with Crippen molar-refractivity contribution in [2.75, 3.05) is 26.7 Å². The molecular weight excluding hydrogens is 340 g/mol. The number of nitrogens with zero attached hydrogens (tertiary/aromatic N) is 1. The number of ether oxygens (including phenoxy) is 1. The molecule has 1 N–H and O–H groups in total. The summed E-state index contributed by atoms with van der Waals surface area (Å²) in [7, 11) is 1.60. The number of carbonyl (C=O) groups excluding carboxylic acids is 2. The summed E-state index contributed by atoms with van der Waals surface area (Å²) in [4.78, 5) is 26.9. The van der Waals surface area contributed by atoms with Gasteiger partial charge < -0.3 is 15.0 Å². The second-order valence-corrected chi connectivity index (χ2v) is 6.22. The van der Waals surface area contributed by atoms with Crippen LogP contribution in [0.25, 0.3) is 0 Å². The van der Waals surface area contributed by atoms with E-state index in [1.165, 1.54) is 0 Å². The highest BCUT2D eigenvalue weighted by Gasteiger charge is 2.24.